The Balaban J connectivity index is 1.39. The van der Waals surface area contributed by atoms with E-state index in [0.29, 0.717) is 40.8 Å². The van der Waals surface area contributed by atoms with E-state index in [4.69, 9.17) is 15.0 Å². The maximum absolute atomic E-state index is 13.5. The second-order valence-electron chi connectivity index (χ2n) is 11.8. The summed E-state index contributed by atoms with van der Waals surface area (Å²) in [5, 5.41) is 21.4. The van der Waals surface area contributed by atoms with Crippen molar-refractivity contribution in [2.75, 3.05) is 23.4 Å². The highest BCUT2D eigenvalue weighted by atomic mass is 32.2. The molecule has 42 heavy (non-hydrogen) atoms. The summed E-state index contributed by atoms with van der Waals surface area (Å²) in [4.78, 5) is 15.0. The first-order valence-corrected chi connectivity index (χ1v) is 16.2. The Morgan fingerprint density at radius 1 is 1.05 bits per heavy atom. The molecular formula is C31H37N7O3S. The van der Waals surface area contributed by atoms with Gasteiger partial charge < -0.3 is 15.7 Å². The summed E-state index contributed by atoms with van der Waals surface area (Å²) in [5.41, 5.74) is 4.28. The minimum Gasteiger partial charge on any atom is -0.390 e. The van der Waals surface area contributed by atoms with Gasteiger partial charge in [-0.1, -0.05) is 23.8 Å². The highest BCUT2D eigenvalue weighted by Crippen LogP contribution is 2.37. The molecule has 6 rings (SSSR count). The van der Waals surface area contributed by atoms with Gasteiger partial charge in [0.05, 0.1) is 33.8 Å². The van der Waals surface area contributed by atoms with Crippen LogP contribution in [-0.2, 0) is 16.3 Å². The first-order chi connectivity index (χ1) is 20.1. The number of sulfone groups is 1. The topological polar surface area (TPSA) is 134 Å². The van der Waals surface area contributed by atoms with Gasteiger partial charge in [-0.2, -0.15) is 10.1 Å². The van der Waals surface area contributed by atoms with Gasteiger partial charge in [0.1, 0.15) is 5.82 Å². The first kappa shape index (κ1) is 28.3. The molecule has 1 saturated carbocycles. The van der Waals surface area contributed by atoms with E-state index in [2.05, 4.69) is 15.7 Å². The van der Waals surface area contributed by atoms with Crippen molar-refractivity contribution < 1.29 is 13.5 Å². The Kier molecular flexibility index (Phi) is 7.48. The SMILES string of the molecule is CNc1nc(NC2CCC(C)(O)CC2)nc2c1C(c1ccn3nccc3n1)=CC(CS(=O)(=O)c1ccc(C)cc1)CC2. The molecule has 0 aliphatic heterocycles. The average Bonchev–Trinajstić information content (AvgIpc) is 3.36. The predicted octanol–water partition coefficient (Wildman–Crippen LogP) is 4.44. The zero-order valence-electron chi connectivity index (χ0n) is 24.2. The average molecular weight is 588 g/mol. The van der Waals surface area contributed by atoms with Gasteiger partial charge in [-0.05, 0) is 76.5 Å². The molecule has 1 unspecified atom stereocenters. The molecule has 10 nitrogen and oxygen atoms in total. The Bertz CT molecular complexity index is 1740. The second kappa shape index (κ2) is 11.1. The van der Waals surface area contributed by atoms with Crippen molar-refractivity contribution >= 4 is 32.8 Å². The monoisotopic (exact) mass is 587 g/mol. The number of benzene rings is 1. The minimum absolute atomic E-state index is 0.0160. The smallest absolute Gasteiger partial charge is 0.225 e. The van der Waals surface area contributed by atoms with E-state index in [1.165, 1.54) is 0 Å². The number of hydrogen-bond donors (Lipinski definition) is 3. The number of fused-ring (bicyclic) bond motifs is 2. The Morgan fingerprint density at radius 3 is 2.55 bits per heavy atom. The van der Waals surface area contributed by atoms with Crippen LogP contribution in [0.1, 0.15) is 61.5 Å². The number of aliphatic hydroxyl groups is 1. The van der Waals surface area contributed by atoms with Crippen LogP contribution in [0.4, 0.5) is 11.8 Å². The van der Waals surface area contributed by atoms with Gasteiger partial charge in [-0.3, -0.25) is 0 Å². The van der Waals surface area contributed by atoms with Crippen LogP contribution in [0.15, 0.2) is 59.8 Å². The highest BCUT2D eigenvalue weighted by molar-refractivity contribution is 7.91. The van der Waals surface area contributed by atoms with E-state index < -0.39 is 15.4 Å². The van der Waals surface area contributed by atoms with Crippen LogP contribution in [0.2, 0.25) is 0 Å². The van der Waals surface area contributed by atoms with Crippen LogP contribution in [0.3, 0.4) is 0 Å². The van der Waals surface area contributed by atoms with Gasteiger partial charge in [-0.15, -0.1) is 0 Å². The molecule has 1 aromatic carbocycles. The van der Waals surface area contributed by atoms with Crippen LogP contribution in [0.25, 0.3) is 11.2 Å². The fraction of sp³-hybridized carbons (Fsp3) is 0.419. The molecule has 3 aromatic heterocycles. The van der Waals surface area contributed by atoms with Gasteiger partial charge in [0, 0.05) is 36.5 Å². The number of anilines is 2. The molecular weight excluding hydrogens is 550 g/mol. The third kappa shape index (κ3) is 5.89. The molecule has 3 heterocycles. The lowest BCUT2D eigenvalue weighted by Gasteiger charge is -2.33. The lowest BCUT2D eigenvalue weighted by molar-refractivity contribution is 0.0195. The third-order valence-electron chi connectivity index (χ3n) is 8.39. The summed E-state index contributed by atoms with van der Waals surface area (Å²) in [6.45, 7) is 3.83. The number of nitrogens with zero attached hydrogens (tertiary/aromatic N) is 5. The van der Waals surface area contributed by atoms with Gasteiger partial charge >= 0.3 is 0 Å². The standard InChI is InChI=1S/C31H37N7O3S/c1-20-4-7-23(8-5-20)42(40,41)19-21-6-9-26-28(24(18-21)25-13-17-38-27(35-25)12-16-33-38)29(32-3)37-30(36-26)34-22-10-14-31(2,39)15-11-22/h4-5,7-8,12-13,16-18,21-22,39H,6,9-11,14-15,19H2,1-3H3,(H2,32,34,36,37). The summed E-state index contributed by atoms with van der Waals surface area (Å²) >= 11 is 0. The summed E-state index contributed by atoms with van der Waals surface area (Å²) in [5.74, 6) is 0.922. The number of aromatic nitrogens is 5. The molecule has 0 saturated heterocycles. The largest absolute Gasteiger partial charge is 0.390 e. The van der Waals surface area contributed by atoms with Crippen molar-refractivity contribution in [1.82, 2.24) is 24.6 Å². The predicted molar refractivity (Wildman–Crippen MR) is 163 cm³/mol. The summed E-state index contributed by atoms with van der Waals surface area (Å²) in [7, 11) is -1.69. The molecule has 1 fully saturated rings. The highest BCUT2D eigenvalue weighted by Gasteiger charge is 2.31. The van der Waals surface area contributed by atoms with Crippen molar-refractivity contribution in [2.24, 2.45) is 5.92 Å². The van der Waals surface area contributed by atoms with E-state index in [9.17, 15) is 13.5 Å². The minimum atomic E-state index is -3.53. The van der Waals surface area contributed by atoms with Gasteiger partial charge in [0.25, 0.3) is 0 Å². The number of nitrogens with one attached hydrogen (secondary N) is 2. The molecule has 2 aliphatic carbocycles. The fourth-order valence-electron chi connectivity index (χ4n) is 5.94. The molecule has 3 N–H and O–H groups in total. The van der Waals surface area contributed by atoms with E-state index in [-0.39, 0.29) is 17.7 Å². The summed E-state index contributed by atoms with van der Waals surface area (Å²) < 4.78 is 28.7. The molecule has 11 heteroatoms. The number of hydrogen-bond acceptors (Lipinski definition) is 9. The molecule has 2 aliphatic rings. The fourth-order valence-corrected chi connectivity index (χ4v) is 7.51. The third-order valence-corrected chi connectivity index (χ3v) is 10.2. The Morgan fingerprint density at radius 2 is 1.81 bits per heavy atom. The van der Waals surface area contributed by atoms with Crippen molar-refractivity contribution in [2.45, 2.75) is 68.9 Å². The van der Waals surface area contributed by atoms with Crippen molar-refractivity contribution in [3.63, 3.8) is 0 Å². The van der Waals surface area contributed by atoms with Crippen LogP contribution in [0, 0.1) is 12.8 Å². The lowest BCUT2D eigenvalue weighted by atomic mass is 9.84. The molecule has 0 spiro atoms. The number of allylic oxidation sites excluding steroid dienone is 1. The van der Waals surface area contributed by atoms with Crippen molar-refractivity contribution in [1.29, 1.82) is 0 Å². The molecule has 0 bridgehead atoms. The van der Waals surface area contributed by atoms with Gasteiger partial charge in [-0.25, -0.2) is 22.9 Å². The summed E-state index contributed by atoms with van der Waals surface area (Å²) in [6.07, 6.45) is 9.91. The zero-order valence-corrected chi connectivity index (χ0v) is 25.0. The summed E-state index contributed by atoms with van der Waals surface area (Å²) in [6, 6.07) is 10.9. The lowest BCUT2D eigenvalue weighted by Crippen LogP contribution is -2.36. The normalized spacial score (nSPS) is 22.7. The molecule has 220 valence electrons. The second-order valence-corrected chi connectivity index (χ2v) is 13.8. The van der Waals surface area contributed by atoms with E-state index in [0.717, 1.165) is 48.1 Å². The van der Waals surface area contributed by atoms with E-state index in [1.807, 2.05) is 57.4 Å². The van der Waals surface area contributed by atoms with Gasteiger partial charge in [0.15, 0.2) is 15.5 Å². The maximum atomic E-state index is 13.5. The molecule has 1 atom stereocenters. The van der Waals surface area contributed by atoms with Gasteiger partial charge in [0.2, 0.25) is 5.95 Å². The van der Waals surface area contributed by atoms with E-state index >= 15 is 0 Å². The Labute approximate surface area is 246 Å². The number of aryl methyl sites for hydroxylation is 2. The molecule has 0 radical (unpaired) electrons. The zero-order chi connectivity index (χ0) is 29.5. The van der Waals surface area contributed by atoms with Crippen LogP contribution in [0.5, 0.6) is 0 Å². The van der Waals surface area contributed by atoms with Crippen LogP contribution in [-0.4, -0.2) is 62.5 Å². The van der Waals surface area contributed by atoms with E-state index in [1.54, 1.807) is 22.8 Å². The van der Waals surface area contributed by atoms with Crippen molar-refractivity contribution in [3.05, 3.63) is 77.4 Å². The molecule has 4 aromatic rings. The number of rotatable bonds is 7. The van der Waals surface area contributed by atoms with Crippen molar-refractivity contribution in [3.8, 4) is 0 Å². The maximum Gasteiger partial charge on any atom is 0.225 e. The quantitative estimate of drug-likeness (QED) is 0.287. The first-order valence-electron chi connectivity index (χ1n) is 14.5. The molecule has 0 amide bonds. The van der Waals surface area contributed by atoms with Crippen LogP contribution < -0.4 is 10.6 Å². The Hall–Kier alpha value is -3.83. The van der Waals surface area contributed by atoms with Crippen LogP contribution >= 0.6 is 0 Å².